The van der Waals surface area contributed by atoms with E-state index in [-0.39, 0.29) is 65.8 Å². The van der Waals surface area contributed by atoms with Gasteiger partial charge in [0.25, 0.3) is 0 Å². The largest absolute Gasteiger partial charge is 0.392 e. The van der Waals surface area contributed by atoms with Gasteiger partial charge >= 0.3 is 0 Å². The summed E-state index contributed by atoms with van der Waals surface area (Å²) in [5, 5.41) is 41.3. The highest BCUT2D eigenvalue weighted by molar-refractivity contribution is 6.06. The van der Waals surface area contributed by atoms with Crippen molar-refractivity contribution >= 4 is 11.6 Å². The van der Waals surface area contributed by atoms with Crippen LogP contribution in [-0.4, -0.2) is 84.2 Å². The zero-order valence-corrected chi connectivity index (χ0v) is 32.7. The molecule has 0 aromatic rings. The molecule has 9 heteroatoms. The molecule has 1 heterocycles. The number of ketones is 2. The average Bonchev–Trinajstić information content (AvgIpc) is 3.31. The van der Waals surface area contributed by atoms with Gasteiger partial charge in [-0.1, -0.05) is 51.4 Å². The molecule has 3 saturated carbocycles. The Hall–Kier alpha value is -1.38. The summed E-state index contributed by atoms with van der Waals surface area (Å²) in [7, 11) is 1.65. The number of Topliss-reactive ketones (excluding diaryl/α,β-unsaturated/α-hetero) is 2. The van der Waals surface area contributed by atoms with Crippen molar-refractivity contribution in [1.82, 2.24) is 10.6 Å². The number of nitrogens with two attached hydrogens (primary N) is 1. The third-order valence-corrected chi connectivity index (χ3v) is 14.1. The van der Waals surface area contributed by atoms with Gasteiger partial charge in [-0.3, -0.25) is 9.59 Å². The number of hydrogen-bond acceptors (Lipinski definition) is 9. The fourth-order valence-electron chi connectivity index (χ4n) is 11.4. The molecule has 1 saturated heterocycles. The van der Waals surface area contributed by atoms with E-state index in [1.165, 1.54) is 19.3 Å². The van der Waals surface area contributed by atoms with Gasteiger partial charge in [-0.05, 0) is 138 Å². The first-order valence-electron chi connectivity index (χ1n) is 21.5. The number of carbonyl (C=O) groups excluding carboxylic acids is 2. The van der Waals surface area contributed by atoms with Crippen LogP contribution < -0.4 is 16.4 Å². The zero-order chi connectivity index (χ0) is 37.2. The van der Waals surface area contributed by atoms with Gasteiger partial charge in [-0.25, -0.2) is 0 Å². The Morgan fingerprint density at radius 2 is 1.71 bits per heavy atom. The van der Waals surface area contributed by atoms with Crippen molar-refractivity contribution in [2.24, 2.45) is 64.9 Å². The molecule has 0 aromatic heterocycles. The third-order valence-electron chi connectivity index (χ3n) is 14.1. The Kier molecular flexibility index (Phi) is 16.5. The number of aliphatic hydroxyl groups is 3. The third kappa shape index (κ3) is 10.9. The number of carbonyl (C=O) groups is 2. The molecule has 7 N–H and O–H groups in total. The van der Waals surface area contributed by atoms with E-state index in [9.17, 15) is 24.9 Å². The maximum Gasteiger partial charge on any atom is 0.173 e. The summed E-state index contributed by atoms with van der Waals surface area (Å²) in [6.45, 7) is 6.56. The molecule has 0 amide bonds. The Morgan fingerprint density at radius 1 is 0.923 bits per heavy atom. The van der Waals surface area contributed by atoms with Crippen LogP contribution in [0.2, 0.25) is 0 Å². The topological polar surface area (TPSA) is 154 Å². The van der Waals surface area contributed by atoms with Gasteiger partial charge < -0.3 is 36.4 Å². The number of hydrogen-bond donors (Lipinski definition) is 6. The van der Waals surface area contributed by atoms with Gasteiger partial charge in [-0.2, -0.15) is 0 Å². The number of ether oxygens (including phenoxy) is 1. The van der Waals surface area contributed by atoms with Crippen LogP contribution in [0.1, 0.15) is 129 Å². The molecule has 9 nitrogen and oxygen atoms in total. The van der Waals surface area contributed by atoms with Crippen molar-refractivity contribution in [2.45, 2.75) is 160 Å². The summed E-state index contributed by atoms with van der Waals surface area (Å²) in [5.41, 5.74) is 6.39. The summed E-state index contributed by atoms with van der Waals surface area (Å²) in [6.07, 6.45) is 12.8. The van der Waals surface area contributed by atoms with Crippen LogP contribution in [0.15, 0.2) is 0 Å². The number of fused-ring (bicyclic) bond motifs is 2. The molecular formula is C43H73N3O6. The molecule has 14 unspecified atom stereocenters. The summed E-state index contributed by atoms with van der Waals surface area (Å²) in [5.74, 6) is 7.73. The van der Waals surface area contributed by atoms with E-state index in [1.54, 1.807) is 7.11 Å². The predicted molar refractivity (Wildman–Crippen MR) is 205 cm³/mol. The minimum Gasteiger partial charge on any atom is -0.392 e. The van der Waals surface area contributed by atoms with E-state index in [0.29, 0.717) is 50.0 Å². The van der Waals surface area contributed by atoms with Gasteiger partial charge in [0.2, 0.25) is 0 Å². The lowest BCUT2D eigenvalue weighted by Gasteiger charge is -2.44. The van der Waals surface area contributed by atoms with E-state index < -0.39 is 24.2 Å². The van der Waals surface area contributed by atoms with Crippen LogP contribution in [-0.2, 0) is 14.3 Å². The summed E-state index contributed by atoms with van der Waals surface area (Å²) in [4.78, 5) is 28.3. The SMILES string of the molecule is CCCNCC(O)C(CCC)C1CC(CC2CCNC(N)C2)CC2C#CC(C3CCCCC3)C3CC(O)C(OC)CC3CCC(=O)C(O)C(=O)C2C1. The molecule has 0 bridgehead atoms. The lowest BCUT2D eigenvalue weighted by molar-refractivity contribution is -0.142. The summed E-state index contributed by atoms with van der Waals surface area (Å²) >= 11 is 0. The molecule has 0 spiro atoms. The van der Waals surface area contributed by atoms with E-state index >= 15 is 0 Å². The Bertz CT molecular complexity index is 1180. The Balaban J connectivity index is 1.55. The van der Waals surface area contributed by atoms with Gasteiger partial charge in [0, 0.05) is 37.8 Å². The number of methoxy groups -OCH3 is 1. The van der Waals surface area contributed by atoms with Crippen molar-refractivity contribution in [2.75, 3.05) is 26.7 Å². The van der Waals surface area contributed by atoms with E-state index in [4.69, 9.17) is 10.5 Å². The number of rotatable bonds is 12. The minimum atomic E-state index is -1.66. The zero-order valence-electron chi connectivity index (χ0n) is 32.7. The van der Waals surface area contributed by atoms with Crippen molar-refractivity contribution in [3.05, 3.63) is 0 Å². The first-order chi connectivity index (χ1) is 25.1. The molecule has 0 aromatic carbocycles. The average molecular weight is 728 g/mol. The Labute approximate surface area is 314 Å². The molecular weight excluding hydrogens is 654 g/mol. The molecule has 4 aliphatic carbocycles. The smallest absolute Gasteiger partial charge is 0.173 e. The second kappa shape index (κ2) is 20.5. The van der Waals surface area contributed by atoms with Gasteiger partial charge in [0.05, 0.1) is 24.5 Å². The Morgan fingerprint density at radius 3 is 2.42 bits per heavy atom. The highest BCUT2D eigenvalue weighted by Gasteiger charge is 2.46. The van der Waals surface area contributed by atoms with Gasteiger partial charge in [0.1, 0.15) is 0 Å². The molecule has 4 fully saturated rings. The monoisotopic (exact) mass is 728 g/mol. The first-order valence-corrected chi connectivity index (χ1v) is 21.5. The lowest BCUT2D eigenvalue weighted by atomic mass is 9.63. The number of piperidine rings is 1. The minimum absolute atomic E-state index is 0.00840. The normalized spacial score (nSPS) is 39.4. The quantitative estimate of drug-likeness (QED) is 0.0929. The van der Waals surface area contributed by atoms with Crippen LogP contribution in [0.3, 0.4) is 0 Å². The van der Waals surface area contributed by atoms with Crippen LogP contribution in [0.4, 0.5) is 0 Å². The second-order valence-corrected chi connectivity index (χ2v) is 17.7. The molecule has 0 radical (unpaired) electrons. The number of nitrogens with one attached hydrogen (secondary N) is 2. The lowest BCUT2D eigenvalue weighted by Crippen LogP contribution is -2.45. The highest BCUT2D eigenvalue weighted by atomic mass is 16.5. The van der Waals surface area contributed by atoms with Crippen molar-refractivity contribution in [1.29, 1.82) is 0 Å². The molecule has 1 aliphatic heterocycles. The van der Waals surface area contributed by atoms with Crippen LogP contribution in [0.25, 0.3) is 0 Å². The fourth-order valence-corrected chi connectivity index (χ4v) is 11.4. The van der Waals surface area contributed by atoms with E-state index in [2.05, 4.69) is 36.3 Å². The van der Waals surface area contributed by atoms with Crippen LogP contribution in [0.5, 0.6) is 0 Å². The molecule has 5 aliphatic rings. The van der Waals surface area contributed by atoms with Gasteiger partial charge in [0.15, 0.2) is 17.7 Å². The van der Waals surface area contributed by atoms with Crippen LogP contribution in [0, 0.1) is 71.0 Å². The maximum atomic E-state index is 14.5. The summed E-state index contributed by atoms with van der Waals surface area (Å²) < 4.78 is 5.72. The highest BCUT2D eigenvalue weighted by Crippen LogP contribution is 2.47. The molecule has 5 rings (SSSR count). The predicted octanol–water partition coefficient (Wildman–Crippen LogP) is 4.98. The van der Waals surface area contributed by atoms with Crippen LogP contribution >= 0.6 is 0 Å². The van der Waals surface area contributed by atoms with Crippen molar-refractivity contribution < 1.29 is 29.6 Å². The first kappa shape index (κ1) is 41.8. The molecule has 14 atom stereocenters. The summed E-state index contributed by atoms with van der Waals surface area (Å²) in [6, 6.07) is 0. The molecule has 52 heavy (non-hydrogen) atoms. The standard InChI is InChI=1S/C43H73N3O6/c1-4-9-34(39(49)26-45-17-5-2)32-21-28(19-27-16-18-46-41(44)22-27)20-30-12-14-33(29-10-7-6-8-11-29)35-25-38(48)40(52-3)24-31(35)13-15-37(47)43(51)42(50)36(30)23-32/h27-36,38-41,43,45-46,48-49,51H,4-11,13,15-26,44H2,1-3H3. The van der Waals surface area contributed by atoms with Gasteiger partial charge in [-0.15, -0.1) is 0 Å². The fraction of sp³-hybridized carbons (Fsp3) is 0.907. The van der Waals surface area contributed by atoms with E-state index in [1.807, 2.05) is 0 Å². The molecule has 296 valence electrons. The number of aliphatic hydroxyl groups excluding tert-OH is 3. The maximum absolute atomic E-state index is 14.5. The van der Waals surface area contributed by atoms with Crippen molar-refractivity contribution in [3.63, 3.8) is 0 Å². The van der Waals surface area contributed by atoms with E-state index in [0.717, 1.165) is 77.3 Å². The second-order valence-electron chi connectivity index (χ2n) is 17.7. The van der Waals surface area contributed by atoms with Crippen molar-refractivity contribution in [3.8, 4) is 11.8 Å².